The van der Waals surface area contributed by atoms with Crippen LogP contribution in [0, 0.1) is 45.0 Å². The van der Waals surface area contributed by atoms with Crippen LogP contribution in [-0.4, -0.2) is 65.4 Å². The van der Waals surface area contributed by atoms with Crippen LogP contribution in [0.5, 0.6) is 5.75 Å². The number of benzene rings is 1. The fourth-order valence-electron chi connectivity index (χ4n) is 1.45. The molecule has 1 aromatic carbocycles. The number of para-hydroxylation sites is 1. The number of carbonyl (C=O) groups excluding carboxylic acids is 1. The Hall–Kier alpha value is -0.618. The summed E-state index contributed by atoms with van der Waals surface area (Å²) in [5, 5.41) is 0. The first-order chi connectivity index (χ1) is 12.2. The van der Waals surface area contributed by atoms with E-state index in [2.05, 4.69) is 24.3 Å². The Morgan fingerprint density at radius 1 is 0.808 bits per heavy atom. The molecule has 0 atom stereocenters. The summed E-state index contributed by atoms with van der Waals surface area (Å²) in [5.74, 6) is 0.409. The summed E-state index contributed by atoms with van der Waals surface area (Å²) in [6.07, 6.45) is 0. The van der Waals surface area contributed by atoms with Crippen LogP contribution >= 0.6 is 0 Å². The molecule has 0 radical (unpaired) electrons. The maximum Gasteiger partial charge on any atom is 2.00 e. The topological polar surface area (TPSA) is 89.2 Å². The van der Waals surface area contributed by atoms with Gasteiger partial charge in [-0.25, -0.2) is 0 Å². The molecule has 8 heteroatoms. The van der Waals surface area contributed by atoms with Gasteiger partial charge in [-0.05, 0) is 12.1 Å². The molecule has 0 heterocycles. The van der Waals surface area contributed by atoms with Crippen LogP contribution in [0.3, 0.4) is 0 Å². The van der Waals surface area contributed by atoms with E-state index in [1.807, 2.05) is 30.3 Å². The molecule has 0 aliphatic carbocycles. The predicted molar refractivity (Wildman–Crippen MR) is 95.1 cm³/mol. The van der Waals surface area contributed by atoms with Gasteiger partial charge in [0, 0.05) is 0 Å². The molecular formula is C18H29NO6U. The minimum Gasteiger partial charge on any atom is -0.491 e. The summed E-state index contributed by atoms with van der Waals surface area (Å²) >= 11 is 0. The largest absolute Gasteiger partial charge is 2.00 e. The van der Waals surface area contributed by atoms with Crippen LogP contribution < -0.4 is 10.5 Å². The molecule has 0 aromatic heterocycles. The van der Waals surface area contributed by atoms with Crippen molar-refractivity contribution in [3.8, 4) is 5.75 Å². The zero-order valence-corrected chi connectivity index (χ0v) is 19.4. The number of carbonyl (C=O) groups is 1. The van der Waals surface area contributed by atoms with Gasteiger partial charge in [0.05, 0.1) is 33.0 Å². The molecule has 146 valence electrons. The van der Waals surface area contributed by atoms with E-state index in [1.54, 1.807) is 0 Å². The third kappa shape index (κ3) is 21.4. The number of nitrogens with two attached hydrogens (primary N) is 1. The van der Waals surface area contributed by atoms with Crippen LogP contribution in [-0.2, 0) is 23.7 Å². The molecule has 0 bridgehead atoms. The minimum atomic E-state index is -0.455. The Kier molecular flexibility index (Phi) is 23.8. The Bertz CT molecular complexity index is 408. The molecule has 2 N–H and O–H groups in total. The standard InChI is InChI=1S/C14H21O4.C4H8NO2.U/c1-2-15-8-9-16-10-11-17-12-13-18-14-6-4-3-5-7-14;1-2-7-3-4(5)6;/h3-7H,1-2,8-13H2;1-3H2,(H2,5,6);/q2*-1;+2. The molecule has 0 spiro atoms. The number of primary amides is 1. The first-order valence-electron chi connectivity index (χ1n) is 8.06. The molecule has 26 heavy (non-hydrogen) atoms. The van der Waals surface area contributed by atoms with Crippen molar-refractivity contribution in [2.45, 2.75) is 0 Å². The summed E-state index contributed by atoms with van der Waals surface area (Å²) in [7, 11) is 0. The summed E-state index contributed by atoms with van der Waals surface area (Å²) < 4.78 is 25.7. The van der Waals surface area contributed by atoms with Gasteiger partial charge in [0.2, 0.25) is 5.91 Å². The molecule has 1 amide bonds. The van der Waals surface area contributed by atoms with E-state index >= 15 is 0 Å². The zero-order chi connectivity index (χ0) is 18.6. The van der Waals surface area contributed by atoms with Crippen molar-refractivity contribution in [3.63, 3.8) is 0 Å². The Morgan fingerprint density at radius 2 is 1.31 bits per heavy atom. The van der Waals surface area contributed by atoms with E-state index in [1.165, 1.54) is 0 Å². The molecular weight excluding hydrogens is 564 g/mol. The van der Waals surface area contributed by atoms with E-state index in [-0.39, 0.29) is 37.7 Å². The van der Waals surface area contributed by atoms with Gasteiger partial charge in [0.15, 0.2) is 0 Å². The molecule has 1 aromatic rings. The molecule has 0 aliphatic rings. The van der Waals surface area contributed by atoms with Crippen LogP contribution in [0.2, 0.25) is 0 Å². The van der Waals surface area contributed by atoms with Gasteiger partial charge in [-0.1, -0.05) is 31.4 Å². The third-order valence-corrected chi connectivity index (χ3v) is 2.52. The number of rotatable bonds is 14. The number of hydrogen-bond acceptors (Lipinski definition) is 6. The summed E-state index contributed by atoms with van der Waals surface area (Å²) in [4.78, 5) is 9.83. The first kappa shape index (κ1) is 27.6. The van der Waals surface area contributed by atoms with E-state index in [4.69, 9.17) is 18.9 Å². The Morgan fingerprint density at radius 3 is 1.77 bits per heavy atom. The van der Waals surface area contributed by atoms with E-state index in [0.29, 0.717) is 52.9 Å². The van der Waals surface area contributed by atoms with Crippen molar-refractivity contribution < 1.29 is 59.6 Å². The third-order valence-electron chi connectivity index (χ3n) is 2.52. The average Bonchev–Trinajstić information content (AvgIpc) is 2.63. The van der Waals surface area contributed by atoms with Gasteiger partial charge in [-0.2, -0.15) is 0 Å². The van der Waals surface area contributed by atoms with Gasteiger partial charge < -0.3 is 43.3 Å². The summed E-state index contributed by atoms with van der Waals surface area (Å²) in [6, 6.07) is 9.69. The normalized spacial score (nSPS) is 9.62. The maximum absolute atomic E-state index is 9.83. The van der Waals surface area contributed by atoms with Crippen LogP contribution in [0.1, 0.15) is 0 Å². The maximum atomic E-state index is 9.83. The van der Waals surface area contributed by atoms with Crippen molar-refractivity contribution in [2.24, 2.45) is 5.73 Å². The summed E-state index contributed by atoms with van der Waals surface area (Å²) in [6.45, 7) is 11.1. The second-order valence-corrected chi connectivity index (χ2v) is 4.52. The fraction of sp³-hybridized carbons (Fsp3) is 0.500. The molecule has 1 rings (SSSR count). The number of hydrogen-bond donors (Lipinski definition) is 1. The van der Waals surface area contributed by atoms with Crippen molar-refractivity contribution in [3.05, 3.63) is 44.2 Å². The van der Waals surface area contributed by atoms with E-state index in [0.717, 1.165) is 5.75 Å². The van der Waals surface area contributed by atoms with Crippen LogP contribution in [0.4, 0.5) is 0 Å². The fourth-order valence-corrected chi connectivity index (χ4v) is 1.45. The van der Waals surface area contributed by atoms with E-state index < -0.39 is 5.91 Å². The van der Waals surface area contributed by atoms with Gasteiger partial charge >= 0.3 is 31.1 Å². The molecule has 0 saturated carbocycles. The van der Waals surface area contributed by atoms with E-state index in [9.17, 15) is 4.79 Å². The summed E-state index contributed by atoms with van der Waals surface area (Å²) in [5.41, 5.74) is 4.69. The number of amides is 1. The quantitative estimate of drug-likeness (QED) is 0.258. The molecule has 0 fully saturated rings. The Labute approximate surface area is 180 Å². The van der Waals surface area contributed by atoms with Gasteiger partial charge in [0.1, 0.15) is 19.0 Å². The molecule has 0 saturated heterocycles. The van der Waals surface area contributed by atoms with Crippen molar-refractivity contribution in [2.75, 3.05) is 59.5 Å². The van der Waals surface area contributed by atoms with Crippen molar-refractivity contribution in [1.82, 2.24) is 0 Å². The Balaban J connectivity index is 0. The van der Waals surface area contributed by atoms with Crippen LogP contribution in [0.15, 0.2) is 30.3 Å². The smallest absolute Gasteiger partial charge is 0.491 e. The second kappa shape index (κ2) is 22.4. The van der Waals surface area contributed by atoms with Gasteiger partial charge in [-0.3, -0.25) is 4.79 Å². The second-order valence-electron chi connectivity index (χ2n) is 4.52. The SMILES string of the molecule is [CH2-]COCC(N)=O.[CH2-]COCCOCCOCCOc1ccccc1.[U+2]. The average molecular weight is 593 g/mol. The molecule has 7 nitrogen and oxygen atoms in total. The number of ether oxygens (including phenoxy) is 5. The first-order valence-corrected chi connectivity index (χ1v) is 8.06. The predicted octanol–water partition coefficient (Wildman–Crippen LogP) is 1.27. The molecule has 0 aliphatic heterocycles. The van der Waals surface area contributed by atoms with Crippen molar-refractivity contribution >= 4 is 5.91 Å². The zero-order valence-electron chi connectivity index (χ0n) is 15.2. The molecule has 0 unspecified atom stereocenters. The monoisotopic (exact) mass is 593 g/mol. The van der Waals surface area contributed by atoms with Crippen molar-refractivity contribution in [1.29, 1.82) is 0 Å². The van der Waals surface area contributed by atoms with Gasteiger partial charge in [-0.15, -0.1) is 0 Å². The van der Waals surface area contributed by atoms with Gasteiger partial charge in [0.25, 0.3) is 0 Å². The minimum absolute atomic E-state index is 0. The van der Waals surface area contributed by atoms with Crippen LogP contribution in [0.25, 0.3) is 0 Å².